The molecule has 1 saturated heterocycles. The van der Waals surface area contributed by atoms with Gasteiger partial charge in [0.2, 0.25) is 5.91 Å². The van der Waals surface area contributed by atoms with E-state index in [4.69, 9.17) is 15.9 Å². The fourth-order valence-corrected chi connectivity index (χ4v) is 1.25. The quantitative estimate of drug-likeness (QED) is 0.449. The van der Waals surface area contributed by atoms with Gasteiger partial charge in [-0.3, -0.25) is 9.69 Å². The number of amides is 1. The normalized spacial score (nSPS) is 21.8. The zero-order chi connectivity index (χ0) is 9.14. The van der Waals surface area contributed by atoms with Gasteiger partial charge in [0, 0.05) is 19.6 Å². The molecule has 0 spiro atoms. The maximum Gasteiger partial charge on any atom is 0.223 e. The second kappa shape index (κ2) is 3.84. The van der Waals surface area contributed by atoms with Crippen molar-refractivity contribution >= 4 is 5.91 Å². The van der Waals surface area contributed by atoms with Crippen LogP contribution in [0.1, 0.15) is 0 Å². The second-order valence-corrected chi connectivity index (χ2v) is 3.15. The lowest BCUT2D eigenvalue weighted by atomic mass is 9.99. The minimum absolute atomic E-state index is 0.0732. The van der Waals surface area contributed by atoms with E-state index in [-0.39, 0.29) is 18.4 Å². The lowest BCUT2D eigenvalue weighted by Crippen LogP contribution is -2.54. The summed E-state index contributed by atoms with van der Waals surface area (Å²) in [5, 5.41) is 17.5. The van der Waals surface area contributed by atoms with E-state index in [9.17, 15) is 4.79 Å². The van der Waals surface area contributed by atoms with E-state index in [0.717, 1.165) is 0 Å². The van der Waals surface area contributed by atoms with Crippen molar-refractivity contribution in [2.24, 2.45) is 11.7 Å². The van der Waals surface area contributed by atoms with Crippen LogP contribution in [-0.4, -0.2) is 53.4 Å². The highest BCUT2D eigenvalue weighted by Crippen LogP contribution is 2.14. The molecule has 1 heterocycles. The summed E-state index contributed by atoms with van der Waals surface area (Å²) in [5.74, 6) is -0.361. The van der Waals surface area contributed by atoms with Crippen LogP contribution in [0.4, 0.5) is 0 Å². The van der Waals surface area contributed by atoms with Gasteiger partial charge >= 0.3 is 0 Å². The van der Waals surface area contributed by atoms with Gasteiger partial charge in [-0.25, -0.2) is 0 Å². The number of aliphatic hydroxyl groups is 2. The number of β-amino-alcohol motifs (C(OH)–C–C–N with tert-alkyl or cyclic N) is 1. The second-order valence-electron chi connectivity index (χ2n) is 3.15. The molecule has 0 aromatic heterocycles. The van der Waals surface area contributed by atoms with E-state index in [1.807, 2.05) is 4.90 Å². The fraction of sp³-hybridized carbons (Fsp3) is 0.857. The maximum absolute atomic E-state index is 10.6. The third-order valence-electron chi connectivity index (χ3n) is 2.04. The molecule has 70 valence electrons. The molecule has 0 bridgehead atoms. The number of carbonyl (C=O) groups excluding carboxylic acids is 1. The number of nitrogens with two attached hydrogens (primary N) is 1. The Labute approximate surface area is 70.8 Å². The Morgan fingerprint density at radius 3 is 2.67 bits per heavy atom. The summed E-state index contributed by atoms with van der Waals surface area (Å²) in [6, 6.07) is 0. The number of hydrogen-bond donors (Lipinski definition) is 3. The number of rotatable bonds is 4. The number of primary amides is 1. The van der Waals surface area contributed by atoms with Crippen molar-refractivity contribution in [3.05, 3.63) is 0 Å². The topological polar surface area (TPSA) is 86.8 Å². The highest BCUT2D eigenvalue weighted by atomic mass is 16.3. The lowest BCUT2D eigenvalue weighted by molar-refractivity contribution is -0.127. The highest BCUT2D eigenvalue weighted by Gasteiger charge is 2.31. The molecule has 12 heavy (non-hydrogen) atoms. The van der Waals surface area contributed by atoms with Crippen LogP contribution in [0.25, 0.3) is 0 Å². The maximum atomic E-state index is 10.6. The average molecular weight is 174 g/mol. The first kappa shape index (κ1) is 9.44. The third-order valence-corrected chi connectivity index (χ3v) is 2.04. The minimum Gasteiger partial charge on any atom is -0.394 e. The number of carbonyl (C=O) groups is 1. The molecule has 1 atom stereocenters. The highest BCUT2D eigenvalue weighted by molar-refractivity contribution is 5.78. The molecule has 1 fully saturated rings. The van der Waals surface area contributed by atoms with Gasteiger partial charge in [-0.1, -0.05) is 0 Å². The Kier molecular flexibility index (Phi) is 3.02. The lowest BCUT2D eigenvalue weighted by Gasteiger charge is -2.38. The molecule has 1 unspecified atom stereocenters. The van der Waals surface area contributed by atoms with Gasteiger partial charge in [-0.15, -0.1) is 0 Å². The molecular formula is C7H14N2O3. The first-order valence-corrected chi connectivity index (χ1v) is 3.94. The SMILES string of the molecule is NC(=O)C1CN(CC(O)CO)C1. The molecule has 0 aliphatic carbocycles. The van der Waals surface area contributed by atoms with Crippen LogP contribution in [0.3, 0.4) is 0 Å². The summed E-state index contributed by atoms with van der Waals surface area (Å²) in [4.78, 5) is 12.5. The van der Waals surface area contributed by atoms with E-state index in [2.05, 4.69) is 0 Å². The molecule has 5 nitrogen and oxygen atoms in total. The van der Waals surface area contributed by atoms with Crippen molar-refractivity contribution in [3.8, 4) is 0 Å². The van der Waals surface area contributed by atoms with Gasteiger partial charge < -0.3 is 15.9 Å². The zero-order valence-corrected chi connectivity index (χ0v) is 6.81. The zero-order valence-electron chi connectivity index (χ0n) is 6.81. The van der Waals surface area contributed by atoms with Gasteiger partial charge in [0.15, 0.2) is 0 Å². The Balaban J connectivity index is 2.13. The molecular weight excluding hydrogens is 160 g/mol. The van der Waals surface area contributed by atoms with Gasteiger partial charge in [0.25, 0.3) is 0 Å². The number of likely N-dealkylation sites (tertiary alicyclic amines) is 1. The first-order chi connectivity index (χ1) is 5.63. The first-order valence-electron chi connectivity index (χ1n) is 3.94. The molecule has 1 aliphatic heterocycles. The summed E-state index contributed by atoms with van der Waals surface area (Å²) in [6.45, 7) is 1.39. The van der Waals surface area contributed by atoms with Gasteiger partial charge in [-0.2, -0.15) is 0 Å². The van der Waals surface area contributed by atoms with Crippen LogP contribution in [0.2, 0.25) is 0 Å². The minimum atomic E-state index is -0.709. The van der Waals surface area contributed by atoms with Crippen molar-refractivity contribution in [1.29, 1.82) is 0 Å². The van der Waals surface area contributed by atoms with Crippen molar-refractivity contribution in [2.75, 3.05) is 26.2 Å². The number of nitrogens with zero attached hydrogens (tertiary/aromatic N) is 1. The van der Waals surface area contributed by atoms with Crippen molar-refractivity contribution < 1.29 is 15.0 Å². The summed E-state index contributed by atoms with van der Waals surface area (Å²) in [6.07, 6.45) is -0.709. The molecule has 4 N–H and O–H groups in total. The van der Waals surface area contributed by atoms with Crippen LogP contribution < -0.4 is 5.73 Å². The molecule has 5 heteroatoms. The summed E-state index contributed by atoms with van der Waals surface area (Å²) in [5.41, 5.74) is 5.05. The largest absolute Gasteiger partial charge is 0.394 e. The van der Waals surface area contributed by atoms with E-state index in [1.165, 1.54) is 0 Å². The molecule has 0 saturated carbocycles. The average Bonchev–Trinajstić information content (AvgIpc) is 1.94. The molecule has 0 radical (unpaired) electrons. The number of hydrogen-bond acceptors (Lipinski definition) is 4. The van der Waals surface area contributed by atoms with E-state index in [1.54, 1.807) is 0 Å². The van der Waals surface area contributed by atoms with Crippen LogP contribution in [0.15, 0.2) is 0 Å². The third kappa shape index (κ3) is 2.17. The Bertz CT molecular complexity index is 168. The monoisotopic (exact) mass is 174 g/mol. The van der Waals surface area contributed by atoms with Gasteiger partial charge in [0.05, 0.1) is 18.6 Å². The summed E-state index contributed by atoms with van der Waals surface area (Å²) < 4.78 is 0. The Morgan fingerprint density at radius 2 is 2.25 bits per heavy atom. The van der Waals surface area contributed by atoms with Crippen LogP contribution >= 0.6 is 0 Å². The molecule has 1 aliphatic rings. The molecule has 1 amide bonds. The van der Waals surface area contributed by atoms with Crippen LogP contribution in [0.5, 0.6) is 0 Å². The summed E-state index contributed by atoms with van der Waals surface area (Å²) in [7, 11) is 0. The van der Waals surface area contributed by atoms with Gasteiger partial charge in [0.1, 0.15) is 0 Å². The van der Waals surface area contributed by atoms with Crippen LogP contribution in [-0.2, 0) is 4.79 Å². The predicted molar refractivity (Wildman–Crippen MR) is 42.2 cm³/mol. The van der Waals surface area contributed by atoms with Crippen molar-refractivity contribution in [3.63, 3.8) is 0 Å². The smallest absolute Gasteiger partial charge is 0.223 e. The Morgan fingerprint density at radius 1 is 1.67 bits per heavy atom. The predicted octanol–water partition coefficient (Wildman–Crippen LogP) is -2.24. The molecule has 1 rings (SSSR count). The Hall–Kier alpha value is -0.650. The van der Waals surface area contributed by atoms with Gasteiger partial charge in [-0.05, 0) is 0 Å². The van der Waals surface area contributed by atoms with Crippen molar-refractivity contribution in [1.82, 2.24) is 4.90 Å². The molecule has 0 aromatic carbocycles. The van der Waals surface area contributed by atoms with E-state index in [0.29, 0.717) is 19.6 Å². The van der Waals surface area contributed by atoms with Crippen LogP contribution in [0, 0.1) is 5.92 Å². The van der Waals surface area contributed by atoms with E-state index < -0.39 is 6.10 Å². The standard InChI is InChI=1S/C7H14N2O3/c8-7(12)5-1-9(2-5)3-6(11)4-10/h5-6,10-11H,1-4H2,(H2,8,12). The summed E-state index contributed by atoms with van der Waals surface area (Å²) >= 11 is 0. The van der Waals surface area contributed by atoms with Crippen molar-refractivity contribution in [2.45, 2.75) is 6.10 Å². The number of aliphatic hydroxyl groups excluding tert-OH is 2. The fourth-order valence-electron chi connectivity index (χ4n) is 1.25. The molecule has 0 aromatic rings. The van der Waals surface area contributed by atoms with E-state index >= 15 is 0 Å².